The van der Waals surface area contributed by atoms with E-state index in [0.29, 0.717) is 34.2 Å². The number of fused-ring (bicyclic) bond motifs is 1. The molecular formula is C28H29N3O9S. The first-order chi connectivity index (χ1) is 19.7. The minimum Gasteiger partial charge on any atom is -0.493 e. The fourth-order valence-corrected chi connectivity index (χ4v) is 5.58. The van der Waals surface area contributed by atoms with E-state index >= 15 is 0 Å². The summed E-state index contributed by atoms with van der Waals surface area (Å²) in [6.07, 6.45) is 1.41. The van der Waals surface area contributed by atoms with Gasteiger partial charge in [0.25, 0.3) is 11.2 Å². The molecule has 2 heterocycles. The van der Waals surface area contributed by atoms with Gasteiger partial charge in [-0.3, -0.25) is 19.5 Å². The van der Waals surface area contributed by atoms with Crippen LogP contribution in [0.2, 0.25) is 0 Å². The molecule has 4 rings (SSSR count). The van der Waals surface area contributed by atoms with E-state index in [9.17, 15) is 19.7 Å². The second-order valence-electron chi connectivity index (χ2n) is 8.67. The standard InChI is InChI=1S/C28H29N3O9S/c1-7-39-22-11-16(9-10-19(22)36-4)25-24(27(33)40-8-2)15(3)29-28-30(25)26(32)23(41-28)13-17-12-20(37-5)21(38-6)14-18(17)31(34)35/h9-14,25H,7-8H2,1-6H3/b23-13-/t25-/m1/s1. The summed E-state index contributed by atoms with van der Waals surface area (Å²) in [4.78, 5) is 43.3. The molecule has 1 aliphatic rings. The minimum atomic E-state index is -0.905. The van der Waals surface area contributed by atoms with Crippen LogP contribution in [-0.2, 0) is 9.53 Å². The number of benzene rings is 2. The lowest BCUT2D eigenvalue weighted by atomic mass is 9.95. The maximum absolute atomic E-state index is 14.0. The van der Waals surface area contributed by atoms with Crippen molar-refractivity contribution >= 4 is 29.1 Å². The van der Waals surface area contributed by atoms with Gasteiger partial charge in [0, 0.05) is 0 Å². The van der Waals surface area contributed by atoms with Crippen LogP contribution in [0.4, 0.5) is 5.69 Å². The highest BCUT2D eigenvalue weighted by atomic mass is 32.1. The average Bonchev–Trinajstić information content (AvgIpc) is 3.25. The van der Waals surface area contributed by atoms with Crippen molar-refractivity contribution in [2.24, 2.45) is 4.99 Å². The quantitative estimate of drug-likeness (QED) is 0.200. The predicted octanol–water partition coefficient (Wildman–Crippen LogP) is 3.13. The van der Waals surface area contributed by atoms with Gasteiger partial charge in [-0.25, -0.2) is 9.79 Å². The number of thiazole rings is 1. The Bertz CT molecular complexity index is 1720. The zero-order valence-electron chi connectivity index (χ0n) is 23.4. The molecule has 0 saturated carbocycles. The Labute approximate surface area is 238 Å². The molecule has 0 fully saturated rings. The van der Waals surface area contributed by atoms with Crippen LogP contribution < -0.4 is 33.8 Å². The predicted molar refractivity (Wildman–Crippen MR) is 151 cm³/mol. The van der Waals surface area contributed by atoms with Crippen molar-refractivity contribution < 1.29 is 33.4 Å². The number of carbonyl (C=O) groups excluding carboxylic acids is 1. The molecule has 1 atom stereocenters. The van der Waals surface area contributed by atoms with Crippen molar-refractivity contribution in [1.29, 1.82) is 0 Å². The van der Waals surface area contributed by atoms with Crippen molar-refractivity contribution in [2.45, 2.75) is 26.8 Å². The Morgan fingerprint density at radius 3 is 2.34 bits per heavy atom. The Morgan fingerprint density at radius 2 is 1.73 bits per heavy atom. The van der Waals surface area contributed by atoms with Crippen molar-refractivity contribution in [1.82, 2.24) is 4.57 Å². The first-order valence-electron chi connectivity index (χ1n) is 12.6. The molecular weight excluding hydrogens is 554 g/mol. The molecule has 12 nitrogen and oxygen atoms in total. The third-order valence-electron chi connectivity index (χ3n) is 6.34. The molecule has 2 aromatic carbocycles. The summed E-state index contributed by atoms with van der Waals surface area (Å²) in [6.45, 7) is 5.68. The largest absolute Gasteiger partial charge is 0.493 e. The molecule has 41 heavy (non-hydrogen) atoms. The van der Waals surface area contributed by atoms with E-state index in [4.69, 9.17) is 23.7 Å². The number of ether oxygens (including phenoxy) is 5. The molecule has 3 aromatic rings. The number of nitro groups is 1. The number of carbonyl (C=O) groups is 1. The van der Waals surface area contributed by atoms with Gasteiger partial charge in [-0.2, -0.15) is 0 Å². The fraction of sp³-hybridized carbons (Fsp3) is 0.321. The molecule has 0 unspecified atom stereocenters. The van der Waals surface area contributed by atoms with E-state index in [0.717, 1.165) is 11.3 Å². The maximum Gasteiger partial charge on any atom is 0.338 e. The third kappa shape index (κ3) is 5.53. The number of esters is 1. The van der Waals surface area contributed by atoms with E-state index in [1.165, 1.54) is 44.1 Å². The van der Waals surface area contributed by atoms with E-state index in [1.807, 2.05) is 6.92 Å². The first-order valence-corrected chi connectivity index (χ1v) is 13.4. The summed E-state index contributed by atoms with van der Waals surface area (Å²) in [5.41, 5.74) is 0.508. The zero-order chi connectivity index (χ0) is 29.8. The number of allylic oxidation sites excluding steroid dienone is 1. The molecule has 0 bridgehead atoms. The Hall–Kier alpha value is -4.65. The van der Waals surface area contributed by atoms with Crippen LogP contribution in [0, 0.1) is 10.1 Å². The van der Waals surface area contributed by atoms with Gasteiger partial charge in [0.05, 0.1) is 72.9 Å². The first kappa shape index (κ1) is 29.3. The zero-order valence-corrected chi connectivity index (χ0v) is 24.2. The van der Waals surface area contributed by atoms with Crippen LogP contribution in [-0.4, -0.2) is 50.0 Å². The minimum absolute atomic E-state index is 0.128. The Kier molecular flexibility index (Phi) is 8.77. The summed E-state index contributed by atoms with van der Waals surface area (Å²) in [5.74, 6) is 0.752. The van der Waals surface area contributed by atoms with Gasteiger partial charge in [0.15, 0.2) is 27.8 Å². The van der Waals surface area contributed by atoms with Crippen molar-refractivity contribution in [3.63, 3.8) is 0 Å². The monoisotopic (exact) mass is 583 g/mol. The van der Waals surface area contributed by atoms with Crippen LogP contribution in [0.15, 0.2) is 51.4 Å². The van der Waals surface area contributed by atoms with Gasteiger partial charge < -0.3 is 23.7 Å². The number of aromatic nitrogens is 1. The lowest BCUT2D eigenvalue weighted by Gasteiger charge is -2.25. The normalized spacial score (nSPS) is 14.7. The van der Waals surface area contributed by atoms with E-state index in [1.54, 1.807) is 32.0 Å². The number of methoxy groups -OCH3 is 3. The van der Waals surface area contributed by atoms with Crippen molar-refractivity contribution in [3.8, 4) is 23.0 Å². The van der Waals surface area contributed by atoms with Crippen LogP contribution in [0.5, 0.6) is 23.0 Å². The average molecular weight is 584 g/mol. The number of hydrogen-bond donors (Lipinski definition) is 0. The smallest absolute Gasteiger partial charge is 0.338 e. The summed E-state index contributed by atoms with van der Waals surface area (Å²) in [6, 6.07) is 6.90. The Morgan fingerprint density at radius 1 is 1.05 bits per heavy atom. The third-order valence-corrected chi connectivity index (χ3v) is 7.32. The molecule has 0 radical (unpaired) electrons. The second-order valence-corrected chi connectivity index (χ2v) is 9.68. The molecule has 216 valence electrons. The molecule has 1 aromatic heterocycles. The van der Waals surface area contributed by atoms with E-state index in [-0.39, 0.29) is 39.5 Å². The van der Waals surface area contributed by atoms with Gasteiger partial charge in [-0.1, -0.05) is 17.4 Å². The molecule has 1 aliphatic heterocycles. The van der Waals surface area contributed by atoms with Crippen LogP contribution in [0.25, 0.3) is 6.08 Å². The van der Waals surface area contributed by atoms with Crippen molar-refractivity contribution in [3.05, 3.63) is 82.5 Å². The molecule has 13 heteroatoms. The summed E-state index contributed by atoms with van der Waals surface area (Å²) in [7, 11) is 4.30. The van der Waals surface area contributed by atoms with Crippen LogP contribution in [0.1, 0.15) is 37.9 Å². The maximum atomic E-state index is 14.0. The van der Waals surface area contributed by atoms with Crippen molar-refractivity contribution in [2.75, 3.05) is 34.5 Å². The molecule has 0 N–H and O–H groups in total. The lowest BCUT2D eigenvalue weighted by Crippen LogP contribution is -2.40. The summed E-state index contributed by atoms with van der Waals surface area (Å²) < 4.78 is 28.6. The number of hydrogen-bond acceptors (Lipinski definition) is 11. The molecule has 0 spiro atoms. The topological polar surface area (TPSA) is 141 Å². The van der Waals surface area contributed by atoms with Gasteiger partial charge >= 0.3 is 5.97 Å². The van der Waals surface area contributed by atoms with Crippen LogP contribution >= 0.6 is 11.3 Å². The van der Waals surface area contributed by atoms with Gasteiger partial charge in [-0.05, 0) is 50.6 Å². The summed E-state index contributed by atoms with van der Waals surface area (Å²) >= 11 is 1.04. The number of rotatable bonds is 10. The second kappa shape index (κ2) is 12.3. The highest BCUT2D eigenvalue weighted by Crippen LogP contribution is 2.37. The molecule has 0 amide bonds. The van der Waals surface area contributed by atoms with Gasteiger partial charge in [0.2, 0.25) is 0 Å². The SMILES string of the molecule is CCOC(=O)C1=C(C)N=c2s/c(=C\c3cc(OC)c(OC)cc3[N+](=O)[O-])c(=O)n2[C@@H]1c1ccc(OC)c(OCC)c1. The molecule has 0 saturated heterocycles. The van der Waals surface area contributed by atoms with Gasteiger partial charge in [-0.15, -0.1) is 0 Å². The highest BCUT2D eigenvalue weighted by Gasteiger charge is 2.34. The van der Waals surface area contributed by atoms with E-state index < -0.39 is 22.5 Å². The summed E-state index contributed by atoms with van der Waals surface area (Å²) in [5, 5.41) is 11.9. The molecule has 0 aliphatic carbocycles. The fourth-order valence-electron chi connectivity index (χ4n) is 4.54. The lowest BCUT2D eigenvalue weighted by molar-refractivity contribution is -0.385. The van der Waals surface area contributed by atoms with Crippen LogP contribution in [0.3, 0.4) is 0 Å². The van der Waals surface area contributed by atoms with E-state index in [2.05, 4.69) is 4.99 Å². The number of nitrogens with zero attached hydrogens (tertiary/aromatic N) is 3. The Balaban J connectivity index is 2.01. The highest BCUT2D eigenvalue weighted by molar-refractivity contribution is 7.07. The number of nitro benzene ring substituents is 1. The van der Waals surface area contributed by atoms with Gasteiger partial charge in [0.1, 0.15) is 0 Å².